The molecular weight excluding hydrogens is 498 g/mol. The second kappa shape index (κ2) is 13.1. The Morgan fingerprint density at radius 1 is 1.30 bits per heavy atom. The first-order chi connectivity index (χ1) is 18.1. The van der Waals surface area contributed by atoms with Crippen LogP contribution < -0.4 is 15.4 Å². The first-order valence-electron chi connectivity index (χ1n) is 12.0. The number of nitrogens with two attached hydrogens (primary N) is 1. The summed E-state index contributed by atoms with van der Waals surface area (Å²) in [5, 5.41) is 7.69. The number of likely N-dealkylation sites (N-methyl/N-ethyl adjacent to an activating group) is 1. The Hall–Kier alpha value is -3.61. The molecule has 1 aliphatic rings. The van der Waals surface area contributed by atoms with Crippen LogP contribution in [0.25, 0.3) is 17.8 Å². The van der Waals surface area contributed by atoms with Crippen LogP contribution in [0.2, 0.25) is 5.02 Å². The van der Waals surface area contributed by atoms with Gasteiger partial charge < -0.3 is 29.4 Å². The Morgan fingerprint density at radius 3 is 2.84 bits per heavy atom. The van der Waals surface area contributed by atoms with Crippen LogP contribution >= 0.6 is 11.6 Å². The van der Waals surface area contributed by atoms with Gasteiger partial charge in [0.25, 0.3) is 5.89 Å². The molecule has 1 saturated heterocycles. The van der Waals surface area contributed by atoms with E-state index in [1.165, 1.54) is 12.6 Å². The van der Waals surface area contributed by atoms with Crippen LogP contribution in [0.4, 0.5) is 5.69 Å². The molecule has 4 rings (SSSR count). The van der Waals surface area contributed by atoms with E-state index in [1.54, 1.807) is 19.4 Å². The Morgan fingerprint density at radius 2 is 2.14 bits per heavy atom. The van der Waals surface area contributed by atoms with Gasteiger partial charge in [0.05, 0.1) is 29.9 Å². The van der Waals surface area contributed by atoms with Crippen LogP contribution in [0.3, 0.4) is 0 Å². The van der Waals surface area contributed by atoms with Crippen LogP contribution in [0, 0.1) is 0 Å². The van der Waals surface area contributed by atoms with Crippen LogP contribution in [0.1, 0.15) is 5.82 Å². The zero-order valence-electron chi connectivity index (χ0n) is 21.0. The fourth-order valence-electron chi connectivity index (χ4n) is 3.91. The van der Waals surface area contributed by atoms with Crippen molar-refractivity contribution in [2.75, 3.05) is 71.5 Å². The summed E-state index contributed by atoms with van der Waals surface area (Å²) in [6, 6.07) is 5.83. The average Bonchev–Trinajstić information content (AvgIpc) is 3.60. The third-order valence-corrected chi connectivity index (χ3v) is 6.23. The number of aromatic amines is 1. The summed E-state index contributed by atoms with van der Waals surface area (Å²) in [6.45, 7) is 6.30. The van der Waals surface area contributed by atoms with E-state index in [9.17, 15) is 0 Å². The molecule has 1 aromatic carbocycles. The number of methoxy groups -OCH3 is 1. The lowest BCUT2D eigenvalue weighted by molar-refractivity contribution is 0.146. The number of hydrogen-bond donors (Lipinski definition) is 2. The van der Waals surface area contributed by atoms with Crippen LogP contribution in [-0.4, -0.2) is 103 Å². The quantitative estimate of drug-likeness (QED) is 0.204. The van der Waals surface area contributed by atoms with Crippen molar-refractivity contribution in [2.24, 2.45) is 10.7 Å². The standard InChI is InChI=1S/C24H32ClN9O3/c1-32(22(28-17-26)16-21-29-23(31-30-21)24-27-5-12-37-24)6-7-33-8-10-34(11-9-33)20-4-3-18(15-19(20)25)36-14-13-35-2/h3-5,12,15-17H,6-11,13-14H2,1-2H3,(H2,26,28)(H,29,30,31)/b22-16+. The molecule has 3 N–H and O–H groups in total. The van der Waals surface area contributed by atoms with Crippen molar-refractivity contribution in [3.8, 4) is 17.5 Å². The molecule has 13 heteroatoms. The summed E-state index contributed by atoms with van der Waals surface area (Å²) in [6.07, 6.45) is 6.07. The zero-order valence-corrected chi connectivity index (χ0v) is 21.8. The number of anilines is 1. The molecule has 2 aromatic heterocycles. The van der Waals surface area contributed by atoms with Crippen molar-refractivity contribution >= 4 is 29.7 Å². The van der Waals surface area contributed by atoms with Crippen molar-refractivity contribution in [1.82, 2.24) is 30.0 Å². The van der Waals surface area contributed by atoms with E-state index in [2.05, 4.69) is 35.0 Å². The summed E-state index contributed by atoms with van der Waals surface area (Å²) in [5.41, 5.74) is 6.62. The van der Waals surface area contributed by atoms with Gasteiger partial charge >= 0.3 is 0 Å². The Balaban J connectivity index is 1.28. The molecule has 3 aromatic rings. The number of aromatic nitrogens is 4. The van der Waals surface area contributed by atoms with E-state index in [0.29, 0.717) is 41.6 Å². The highest BCUT2D eigenvalue weighted by Gasteiger charge is 2.20. The third kappa shape index (κ3) is 7.21. The minimum absolute atomic E-state index is 0.347. The number of piperazine rings is 1. The molecule has 0 saturated carbocycles. The molecule has 1 aliphatic heterocycles. The van der Waals surface area contributed by atoms with E-state index < -0.39 is 0 Å². The van der Waals surface area contributed by atoms with Crippen molar-refractivity contribution in [3.63, 3.8) is 0 Å². The lowest BCUT2D eigenvalue weighted by atomic mass is 10.2. The number of rotatable bonds is 12. The Labute approximate surface area is 220 Å². The smallest absolute Gasteiger partial charge is 0.266 e. The molecule has 3 heterocycles. The number of halogens is 1. The average molecular weight is 530 g/mol. The second-order valence-corrected chi connectivity index (χ2v) is 8.77. The summed E-state index contributed by atoms with van der Waals surface area (Å²) >= 11 is 6.55. The monoisotopic (exact) mass is 529 g/mol. The molecule has 0 atom stereocenters. The van der Waals surface area contributed by atoms with Gasteiger partial charge in [0.2, 0.25) is 5.82 Å². The predicted molar refractivity (Wildman–Crippen MR) is 143 cm³/mol. The highest BCUT2D eigenvalue weighted by atomic mass is 35.5. The van der Waals surface area contributed by atoms with Crippen molar-refractivity contribution in [3.05, 3.63) is 47.3 Å². The summed E-state index contributed by atoms with van der Waals surface area (Å²) in [5.74, 6) is 2.66. The molecule has 0 unspecified atom stereocenters. The van der Waals surface area contributed by atoms with E-state index in [0.717, 1.165) is 50.7 Å². The van der Waals surface area contributed by atoms with Gasteiger partial charge in [0, 0.05) is 65.6 Å². The molecule has 1 fully saturated rings. The van der Waals surface area contributed by atoms with Crippen LogP contribution in [-0.2, 0) is 4.74 Å². The van der Waals surface area contributed by atoms with Gasteiger partial charge in [-0.2, -0.15) is 0 Å². The zero-order chi connectivity index (χ0) is 26.0. The van der Waals surface area contributed by atoms with Crippen LogP contribution in [0.15, 0.2) is 45.9 Å². The molecule has 37 heavy (non-hydrogen) atoms. The van der Waals surface area contributed by atoms with Gasteiger partial charge in [-0.25, -0.2) is 15.0 Å². The fourth-order valence-corrected chi connectivity index (χ4v) is 4.20. The number of ether oxygens (including phenoxy) is 2. The minimum atomic E-state index is 0.347. The molecule has 0 radical (unpaired) electrons. The minimum Gasteiger partial charge on any atom is -0.491 e. The number of hydrogen-bond acceptors (Lipinski definition) is 10. The first kappa shape index (κ1) is 26.5. The van der Waals surface area contributed by atoms with Crippen molar-refractivity contribution in [1.29, 1.82) is 0 Å². The summed E-state index contributed by atoms with van der Waals surface area (Å²) < 4.78 is 15.9. The topological polar surface area (TPSA) is 134 Å². The molecular formula is C24H32ClN9O3. The second-order valence-electron chi connectivity index (χ2n) is 8.37. The molecule has 198 valence electrons. The van der Waals surface area contributed by atoms with Gasteiger partial charge in [0.1, 0.15) is 24.4 Å². The Bertz CT molecular complexity index is 1170. The van der Waals surface area contributed by atoms with Crippen LogP contribution in [0.5, 0.6) is 5.75 Å². The highest BCUT2D eigenvalue weighted by molar-refractivity contribution is 6.33. The maximum atomic E-state index is 6.55. The SMILES string of the molecule is COCCOc1ccc(N2CCN(CCN(C)C(=C/c3nc(-c4ncco4)n[nH]3)/N=C/N)CC2)c(Cl)c1. The van der Waals surface area contributed by atoms with Gasteiger partial charge in [-0.3, -0.25) is 10.00 Å². The molecule has 0 amide bonds. The normalized spacial score (nSPS) is 15.0. The lowest BCUT2D eigenvalue weighted by Gasteiger charge is -2.37. The maximum Gasteiger partial charge on any atom is 0.266 e. The van der Waals surface area contributed by atoms with E-state index in [1.807, 2.05) is 30.1 Å². The number of benzene rings is 1. The van der Waals surface area contributed by atoms with Gasteiger partial charge in [0.15, 0.2) is 5.82 Å². The van der Waals surface area contributed by atoms with Gasteiger partial charge in [-0.05, 0) is 12.1 Å². The molecule has 0 spiro atoms. The van der Waals surface area contributed by atoms with E-state index in [4.69, 9.17) is 31.2 Å². The molecule has 0 aliphatic carbocycles. The number of oxazole rings is 1. The van der Waals surface area contributed by atoms with E-state index >= 15 is 0 Å². The summed E-state index contributed by atoms with van der Waals surface area (Å²) in [4.78, 5) is 19.5. The first-order valence-corrected chi connectivity index (χ1v) is 12.3. The third-order valence-electron chi connectivity index (χ3n) is 5.93. The van der Waals surface area contributed by atoms with Crippen molar-refractivity contribution in [2.45, 2.75) is 0 Å². The number of nitrogens with zero attached hydrogens (tertiary/aromatic N) is 7. The highest BCUT2D eigenvalue weighted by Crippen LogP contribution is 2.30. The lowest BCUT2D eigenvalue weighted by Crippen LogP contribution is -2.48. The Kier molecular flexibility index (Phi) is 9.35. The predicted octanol–water partition coefficient (Wildman–Crippen LogP) is 2.18. The van der Waals surface area contributed by atoms with Crippen molar-refractivity contribution < 1.29 is 13.9 Å². The number of H-pyrrole nitrogens is 1. The summed E-state index contributed by atoms with van der Waals surface area (Å²) in [7, 11) is 3.62. The fraction of sp³-hybridized carbons (Fsp3) is 0.417. The van der Waals surface area contributed by atoms with Gasteiger partial charge in [-0.1, -0.05) is 11.6 Å². The molecule has 0 bridgehead atoms. The maximum absolute atomic E-state index is 6.55. The number of aliphatic imine (C=N–C) groups is 1. The number of nitrogens with one attached hydrogen (secondary N) is 1. The van der Waals surface area contributed by atoms with E-state index in [-0.39, 0.29) is 0 Å². The molecule has 12 nitrogen and oxygen atoms in total. The van der Waals surface area contributed by atoms with Gasteiger partial charge in [-0.15, -0.1) is 5.10 Å². The largest absolute Gasteiger partial charge is 0.491 e.